The lowest BCUT2D eigenvalue weighted by atomic mass is 9.80. The van der Waals surface area contributed by atoms with E-state index in [0.29, 0.717) is 54.4 Å². The van der Waals surface area contributed by atoms with Crippen molar-refractivity contribution in [2.24, 2.45) is 0 Å². The highest BCUT2D eigenvalue weighted by atomic mass is 16.6. The first-order chi connectivity index (χ1) is 21.7. The minimum absolute atomic E-state index is 0.114. The third-order valence-corrected chi connectivity index (χ3v) is 5.57. The van der Waals surface area contributed by atoms with Crippen molar-refractivity contribution in [1.82, 2.24) is 0 Å². The number of nitrogens with two attached hydrogens (primary N) is 1. The Kier molecular flexibility index (Phi) is 20.0. The Hall–Kier alpha value is -3.91. The molecule has 0 saturated heterocycles. The zero-order chi connectivity index (χ0) is 36.2. The highest BCUT2D eigenvalue weighted by Gasteiger charge is 2.17. The highest BCUT2D eigenvalue weighted by Crippen LogP contribution is 2.12. The van der Waals surface area contributed by atoms with Crippen LogP contribution in [0.1, 0.15) is 92.9 Å². The number of carboxylic acids is 1. The minimum atomic E-state index is -1.57. The van der Waals surface area contributed by atoms with Gasteiger partial charge in [0.05, 0.1) is 0 Å². The van der Waals surface area contributed by atoms with Crippen molar-refractivity contribution in [2.75, 3.05) is 11.1 Å². The van der Waals surface area contributed by atoms with Gasteiger partial charge in [0.15, 0.2) is 0 Å². The van der Waals surface area contributed by atoms with Gasteiger partial charge in [-0.3, -0.25) is 19.2 Å². The number of nitrogens with one attached hydrogen (secondary N) is 1. The average molecular weight is 660 g/mol. The third kappa shape index (κ3) is 24.9. The van der Waals surface area contributed by atoms with Gasteiger partial charge in [-0.05, 0) is 102 Å². The number of benzene rings is 2. The van der Waals surface area contributed by atoms with Crippen molar-refractivity contribution >= 4 is 60.4 Å². The molecular weight excluding hydrogens is 610 g/mol. The number of carbonyl (C=O) groups is 4. The Balaban J connectivity index is 0.000000746. The first-order valence-corrected chi connectivity index (χ1v) is 15.3. The predicted octanol–water partition coefficient (Wildman–Crippen LogP) is 2.13. The summed E-state index contributed by atoms with van der Waals surface area (Å²) in [4.78, 5) is 44.6. The molecule has 8 N–H and O–H groups in total. The number of amides is 1. The van der Waals surface area contributed by atoms with Crippen LogP contribution in [0.3, 0.4) is 0 Å². The Morgan fingerprint density at radius 2 is 1.11 bits per heavy atom. The summed E-state index contributed by atoms with van der Waals surface area (Å²) in [6.45, 7) is 10.9. The van der Waals surface area contributed by atoms with E-state index in [1.807, 2.05) is 41.5 Å². The van der Waals surface area contributed by atoms with Crippen LogP contribution in [0.5, 0.6) is 0 Å². The van der Waals surface area contributed by atoms with E-state index in [1.165, 1.54) is 12.1 Å². The molecule has 0 aliphatic rings. The largest absolute Gasteiger partial charge is 0.488 e. The van der Waals surface area contributed by atoms with Crippen molar-refractivity contribution in [3.05, 3.63) is 48.5 Å². The summed E-state index contributed by atoms with van der Waals surface area (Å²) in [6.07, 6.45) is 3.24. The molecule has 13 nitrogen and oxygen atoms in total. The topological polar surface area (TPSA) is 226 Å². The van der Waals surface area contributed by atoms with E-state index in [2.05, 4.69) is 5.32 Å². The second-order valence-corrected chi connectivity index (χ2v) is 12.6. The van der Waals surface area contributed by atoms with Crippen molar-refractivity contribution < 1.29 is 53.9 Å². The summed E-state index contributed by atoms with van der Waals surface area (Å²) in [5.74, 6) is -1.53. The van der Waals surface area contributed by atoms with Gasteiger partial charge in [0.2, 0.25) is 5.91 Å². The number of aliphatic carboxylic acids is 1. The number of carbonyl (C=O) groups excluding carboxylic acids is 3. The molecule has 0 aliphatic carbocycles. The van der Waals surface area contributed by atoms with Crippen LogP contribution >= 0.6 is 0 Å². The van der Waals surface area contributed by atoms with Gasteiger partial charge in [0.1, 0.15) is 11.2 Å². The molecule has 0 atom stereocenters. The fourth-order valence-corrected chi connectivity index (χ4v) is 3.61. The van der Waals surface area contributed by atoms with Gasteiger partial charge < -0.3 is 45.7 Å². The molecule has 47 heavy (non-hydrogen) atoms. The smallest absolute Gasteiger partial charge is 0.481 e. The molecule has 0 aliphatic heterocycles. The lowest BCUT2D eigenvalue weighted by Crippen LogP contribution is -2.30. The molecule has 2 aromatic rings. The summed E-state index contributed by atoms with van der Waals surface area (Å²) >= 11 is 0. The molecule has 0 radical (unpaired) electrons. The summed E-state index contributed by atoms with van der Waals surface area (Å²) in [5.41, 5.74) is 6.20. The first-order valence-electron chi connectivity index (χ1n) is 15.3. The quantitative estimate of drug-likeness (QED) is 0.0710. The van der Waals surface area contributed by atoms with Crippen molar-refractivity contribution in [2.45, 2.75) is 104 Å². The van der Waals surface area contributed by atoms with Crippen molar-refractivity contribution in [3.63, 3.8) is 0 Å². The molecule has 0 heterocycles. The predicted molar refractivity (Wildman–Crippen MR) is 182 cm³/mol. The average Bonchev–Trinajstić information content (AvgIpc) is 2.92. The van der Waals surface area contributed by atoms with E-state index in [-0.39, 0.29) is 37.1 Å². The maximum absolute atomic E-state index is 11.8. The summed E-state index contributed by atoms with van der Waals surface area (Å²) in [7, 11) is -3.00. The third-order valence-electron chi connectivity index (χ3n) is 5.57. The SMILES string of the molecule is CC(C)(C)OC(=O)CCCCC(=O)Nc1cccc(B(O)O)c1.CC(C)(C)OC(=O)CCCCC(=O)O.Nc1cccc(B(O)O)c1. The molecule has 2 aromatic carbocycles. The van der Waals surface area contributed by atoms with E-state index in [1.54, 1.807) is 36.4 Å². The van der Waals surface area contributed by atoms with Crippen LogP contribution in [0.15, 0.2) is 48.5 Å². The number of nitrogen functional groups attached to an aromatic ring is 1. The highest BCUT2D eigenvalue weighted by molar-refractivity contribution is 6.59. The molecule has 15 heteroatoms. The van der Waals surface area contributed by atoms with Crippen LogP contribution in [0.25, 0.3) is 0 Å². The lowest BCUT2D eigenvalue weighted by Gasteiger charge is -2.19. The van der Waals surface area contributed by atoms with Crippen LogP contribution in [0.4, 0.5) is 11.4 Å². The number of carboxylic acid groups (broad SMARTS) is 1. The molecular formula is C32H50B2N2O11. The van der Waals surface area contributed by atoms with E-state index in [9.17, 15) is 19.2 Å². The summed E-state index contributed by atoms with van der Waals surface area (Å²) < 4.78 is 10.2. The molecule has 0 spiro atoms. The van der Waals surface area contributed by atoms with E-state index in [4.69, 9.17) is 40.4 Å². The minimum Gasteiger partial charge on any atom is -0.481 e. The first kappa shape index (κ1) is 43.1. The molecule has 0 saturated carbocycles. The Morgan fingerprint density at radius 3 is 1.51 bits per heavy atom. The standard InChI is InChI=1S/C16H24BNO5.C10H18O4.C6H8BNO2/c1-16(2,3)23-15(20)10-5-4-9-14(19)18-13-8-6-7-12(11-13)17(21)22;1-10(2,3)14-9(13)7-5-4-6-8(11)12;8-6-3-1-2-5(4-6)7(9)10/h6-8,11,21-22H,4-5,9-10H2,1-3H3,(H,18,19);4-7H2,1-3H3,(H,11,12);1-4,9-10H,8H2. The number of rotatable bonds is 13. The van der Waals surface area contributed by atoms with E-state index in [0.717, 1.165) is 0 Å². The Morgan fingerprint density at radius 1 is 0.681 bits per heavy atom. The van der Waals surface area contributed by atoms with Gasteiger partial charge in [-0.15, -0.1) is 0 Å². The molecule has 0 unspecified atom stereocenters. The molecule has 0 fully saturated rings. The van der Waals surface area contributed by atoms with Gasteiger partial charge >= 0.3 is 32.1 Å². The maximum Gasteiger partial charge on any atom is 0.488 e. The Labute approximate surface area is 277 Å². The van der Waals surface area contributed by atoms with Gasteiger partial charge in [0.25, 0.3) is 0 Å². The second kappa shape index (κ2) is 21.8. The number of anilines is 2. The van der Waals surface area contributed by atoms with Gasteiger partial charge in [-0.2, -0.15) is 0 Å². The Bertz CT molecular complexity index is 1260. The monoisotopic (exact) mass is 660 g/mol. The van der Waals surface area contributed by atoms with E-state index >= 15 is 0 Å². The second-order valence-electron chi connectivity index (χ2n) is 12.6. The van der Waals surface area contributed by atoms with Crippen molar-refractivity contribution in [3.8, 4) is 0 Å². The number of esters is 2. The van der Waals surface area contributed by atoms with Gasteiger partial charge in [-0.1, -0.05) is 24.3 Å². The number of hydrogen-bond acceptors (Lipinski definition) is 11. The number of hydrogen-bond donors (Lipinski definition) is 7. The zero-order valence-corrected chi connectivity index (χ0v) is 28.2. The normalized spacial score (nSPS) is 10.7. The van der Waals surface area contributed by atoms with E-state index < -0.39 is 31.4 Å². The molecule has 2 rings (SSSR count). The molecule has 1 amide bonds. The van der Waals surface area contributed by atoms with Crippen LogP contribution in [-0.2, 0) is 28.7 Å². The van der Waals surface area contributed by atoms with Crippen LogP contribution in [0, 0.1) is 0 Å². The van der Waals surface area contributed by atoms with Crippen molar-refractivity contribution in [1.29, 1.82) is 0 Å². The summed E-state index contributed by atoms with van der Waals surface area (Å²) in [6, 6.07) is 12.8. The number of unbranched alkanes of at least 4 members (excludes halogenated alkanes) is 2. The van der Waals surface area contributed by atoms with Crippen LogP contribution < -0.4 is 22.0 Å². The van der Waals surface area contributed by atoms with Gasteiger partial charge in [0, 0.05) is 37.1 Å². The zero-order valence-electron chi connectivity index (χ0n) is 28.2. The van der Waals surface area contributed by atoms with Gasteiger partial charge in [-0.25, -0.2) is 0 Å². The lowest BCUT2D eigenvalue weighted by molar-refractivity contribution is -0.156. The molecule has 260 valence electrons. The molecule has 0 aromatic heterocycles. The maximum atomic E-state index is 11.8. The fraction of sp³-hybridized carbons (Fsp3) is 0.500. The fourth-order valence-electron chi connectivity index (χ4n) is 3.61. The summed E-state index contributed by atoms with van der Waals surface area (Å²) in [5, 5.41) is 46.5. The van der Waals surface area contributed by atoms with Crippen LogP contribution in [-0.4, -0.2) is 74.5 Å². The molecule has 0 bridgehead atoms. The number of ether oxygens (including phenoxy) is 2. The van der Waals surface area contributed by atoms with Crippen LogP contribution in [0.2, 0.25) is 0 Å².